The van der Waals surface area contributed by atoms with E-state index in [4.69, 9.17) is 0 Å². The van der Waals surface area contributed by atoms with E-state index < -0.39 is 0 Å². The first-order chi connectivity index (χ1) is 12.7. The average Bonchev–Trinajstić information content (AvgIpc) is 2.63. The third-order valence-electron chi connectivity index (χ3n) is 5.32. The third-order valence-corrected chi connectivity index (χ3v) is 5.32. The smallest absolute Gasteiger partial charge is 0.0231 e. The van der Waals surface area contributed by atoms with Crippen LogP contribution in [0.2, 0.25) is 0 Å². The fourth-order valence-electron chi connectivity index (χ4n) is 3.72. The van der Waals surface area contributed by atoms with Crippen molar-refractivity contribution in [1.29, 1.82) is 0 Å². The molecule has 0 saturated heterocycles. The van der Waals surface area contributed by atoms with Crippen LogP contribution in [0.1, 0.15) is 124 Å². The lowest BCUT2D eigenvalue weighted by molar-refractivity contribution is 0.373. The molecule has 0 aliphatic heterocycles. The molecule has 0 aromatic heterocycles. The molecular formula is C26H49. The highest BCUT2D eigenvalue weighted by Gasteiger charge is 2.10. The molecule has 0 spiro atoms. The van der Waals surface area contributed by atoms with E-state index in [0.29, 0.717) is 5.92 Å². The minimum absolute atomic E-state index is 0.516. The minimum atomic E-state index is 0.516. The van der Waals surface area contributed by atoms with Crippen molar-refractivity contribution in [2.75, 3.05) is 0 Å². The standard InChI is InChI=1S/C26H49/c1-5-8-10-11-12-13-14-15-16-17-18-20-23-26(21-7-3)24-25(4)22-19-9-6-2/h12-13,19,22,25-26H,4-11,14-18,20-21,23-24H2,1-3H3. The Hall–Kier alpha value is -0.520. The Bertz CT molecular complexity index is 312. The largest absolute Gasteiger partial charge is 0.0885 e. The number of allylic oxidation sites excluding steroid dienone is 4. The Labute approximate surface area is 166 Å². The average molecular weight is 362 g/mol. The predicted molar refractivity (Wildman–Crippen MR) is 122 cm³/mol. The Kier molecular flexibility index (Phi) is 20.4. The van der Waals surface area contributed by atoms with Gasteiger partial charge in [-0.15, -0.1) is 0 Å². The van der Waals surface area contributed by atoms with Gasteiger partial charge in [0, 0.05) is 0 Å². The molecule has 0 rings (SSSR count). The number of unbranched alkanes of at least 4 members (excludes halogenated alkanes) is 9. The van der Waals surface area contributed by atoms with E-state index in [-0.39, 0.29) is 0 Å². The van der Waals surface area contributed by atoms with Crippen LogP contribution in [0, 0.1) is 18.8 Å². The van der Waals surface area contributed by atoms with Gasteiger partial charge in [0.05, 0.1) is 0 Å². The van der Waals surface area contributed by atoms with Crippen LogP contribution in [0.5, 0.6) is 0 Å². The summed E-state index contributed by atoms with van der Waals surface area (Å²) >= 11 is 0. The highest BCUT2D eigenvalue weighted by atomic mass is 14.2. The summed E-state index contributed by atoms with van der Waals surface area (Å²) in [4.78, 5) is 0. The molecule has 0 heterocycles. The monoisotopic (exact) mass is 361 g/mol. The lowest BCUT2D eigenvalue weighted by Crippen LogP contribution is -2.05. The molecule has 0 aromatic carbocycles. The molecular weight excluding hydrogens is 312 g/mol. The summed E-state index contributed by atoms with van der Waals surface area (Å²) in [6.45, 7) is 11.2. The van der Waals surface area contributed by atoms with E-state index >= 15 is 0 Å². The molecule has 0 heteroatoms. The maximum Gasteiger partial charge on any atom is -0.0231 e. The summed E-state index contributed by atoms with van der Waals surface area (Å²) in [6.07, 6.45) is 31.1. The van der Waals surface area contributed by atoms with Crippen molar-refractivity contribution >= 4 is 0 Å². The molecule has 26 heavy (non-hydrogen) atoms. The van der Waals surface area contributed by atoms with Gasteiger partial charge >= 0.3 is 0 Å². The summed E-state index contributed by atoms with van der Waals surface area (Å²) in [5.74, 6) is 1.40. The van der Waals surface area contributed by atoms with Crippen molar-refractivity contribution in [3.63, 3.8) is 0 Å². The second-order valence-electron chi connectivity index (χ2n) is 8.18. The van der Waals surface area contributed by atoms with Gasteiger partial charge in [-0.2, -0.15) is 0 Å². The molecule has 153 valence electrons. The van der Waals surface area contributed by atoms with E-state index in [1.54, 1.807) is 0 Å². The zero-order chi connectivity index (χ0) is 19.3. The van der Waals surface area contributed by atoms with E-state index in [2.05, 4.69) is 52.0 Å². The summed E-state index contributed by atoms with van der Waals surface area (Å²) in [5, 5.41) is 0. The van der Waals surface area contributed by atoms with Crippen LogP contribution in [0.3, 0.4) is 0 Å². The van der Waals surface area contributed by atoms with Crippen molar-refractivity contribution in [3.05, 3.63) is 31.2 Å². The topological polar surface area (TPSA) is 0 Å². The summed E-state index contributed by atoms with van der Waals surface area (Å²) in [7, 11) is 0. The molecule has 0 N–H and O–H groups in total. The summed E-state index contributed by atoms with van der Waals surface area (Å²) in [6, 6.07) is 0. The van der Waals surface area contributed by atoms with Crippen molar-refractivity contribution < 1.29 is 0 Å². The number of hydrogen-bond donors (Lipinski definition) is 0. The Balaban J connectivity index is 3.64. The van der Waals surface area contributed by atoms with E-state index in [9.17, 15) is 0 Å². The zero-order valence-electron chi connectivity index (χ0n) is 18.5. The molecule has 0 fully saturated rings. The van der Waals surface area contributed by atoms with Gasteiger partial charge in [0.25, 0.3) is 0 Å². The van der Waals surface area contributed by atoms with E-state index in [1.807, 2.05) is 0 Å². The van der Waals surface area contributed by atoms with Gasteiger partial charge in [-0.05, 0) is 57.3 Å². The van der Waals surface area contributed by atoms with Gasteiger partial charge in [0.2, 0.25) is 0 Å². The molecule has 2 atom stereocenters. The maximum atomic E-state index is 4.35. The SMILES string of the molecule is [CH2]C(C=CCCC)CC(CCC)CCCCCCCC=CCCCCC. The van der Waals surface area contributed by atoms with Crippen molar-refractivity contribution in [2.24, 2.45) is 11.8 Å². The van der Waals surface area contributed by atoms with Crippen LogP contribution in [-0.2, 0) is 0 Å². The molecule has 0 amide bonds. The molecule has 0 bridgehead atoms. The third kappa shape index (κ3) is 18.3. The van der Waals surface area contributed by atoms with Crippen molar-refractivity contribution in [1.82, 2.24) is 0 Å². The predicted octanol–water partition coefficient (Wildman–Crippen LogP) is 9.47. The van der Waals surface area contributed by atoms with E-state index in [0.717, 1.165) is 5.92 Å². The Morgan fingerprint density at radius 3 is 1.92 bits per heavy atom. The normalized spacial score (nSPS) is 14.5. The Morgan fingerprint density at radius 2 is 1.27 bits per heavy atom. The number of rotatable bonds is 19. The fraction of sp³-hybridized carbons (Fsp3) is 0.808. The second kappa shape index (κ2) is 20.8. The minimum Gasteiger partial charge on any atom is -0.0885 e. The van der Waals surface area contributed by atoms with Gasteiger partial charge in [0.15, 0.2) is 0 Å². The lowest BCUT2D eigenvalue weighted by atomic mass is 9.87. The molecule has 1 radical (unpaired) electrons. The first-order valence-corrected chi connectivity index (χ1v) is 11.9. The zero-order valence-corrected chi connectivity index (χ0v) is 18.5. The quantitative estimate of drug-likeness (QED) is 0.159. The van der Waals surface area contributed by atoms with Crippen LogP contribution in [0.25, 0.3) is 0 Å². The molecule has 0 saturated carbocycles. The van der Waals surface area contributed by atoms with E-state index in [1.165, 1.54) is 103 Å². The van der Waals surface area contributed by atoms with Crippen LogP contribution < -0.4 is 0 Å². The highest BCUT2D eigenvalue weighted by molar-refractivity contribution is 4.90. The molecule has 0 aliphatic carbocycles. The molecule has 0 aliphatic rings. The summed E-state index contributed by atoms with van der Waals surface area (Å²) < 4.78 is 0. The molecule has 2 unspecified atom stereocenters. The van der Waals surface area contributed by atoms with Crippen LogP contribution in [0.15, 0.2) is 24.3 Å². The van der Waals surface area contributed by atoms with Crippen LogP contribution in [-0.4, -0.2) is 0 Å². The second-order valence-corrected chi connectivity index (χ2v) is 8.18. The van der Waals surface area contributed by atoms with Gasteiger partial charge in [0.1, 0.15) is 0 Å². The van der Waals surface area contributed by atoms with Gasteiger partial charge in [-0.1, -0.05) is 109 Å². The van der Waals surface area contributed by atoms with Gasteiger partial charge in [-0.25, -0.2) is 0 Å². The first kappa shape index (κ1) is 25.5. The van der Waals surface area contributed by atoms with Crippen LogP contribution >= 0.6 is 0 Å². The first-order valence-electron chi connectivity index (χ1n) is 11.9. The van der Waals surface area contributed by atoms with Crippen molar-refractivity contribution in [2.45, 2.75) is 124 Å². The lowest BCUT2D eigenvalue weighted by Gasteiger charge is -2.18. The van der Waals surface area contributed by atoms with Gasteiger partial charge in [-0.3, -0.25) is 0 Å². The highest BCUT2D eigenvalue weighted by Crippen LogP contribution is 2.24. The Morgan fingerprint density at radius 1 is 0.615 bits per heavy atom. The summed E-state index contributed by atoms with van der Waals surface area (Å²) in [5.41, 5.74) is 0. The van der Waals surface area contributed by atoms with Crippen LogP contribution in [0.4, 0.5) is 0 Å². The molecule has 0 aromatic rings. The maximum absolute atomic E-state index is 4.35. The fourth-order valence-corrected chi connectivity index (χ4v) is 3.72. The van der Waals surface area contributed by atoms with Gasteiger partial charge < -0.3 is 0 Å². The number of hydrogen-bond acceptors (Lipinski definition) is 0. The molecule has 0 nitrogen and oxygen atoms in total. The van der Waals surface area contributed by atoms with Crippen molar-refractivity contribution in [3.8, 4) is 0 Å².